The summed E-state index contributed by atoms with van der Waals surface area (Å²) in [5.74, 6) is -0.330. The lowest BCUT2D eigenvalue weighted by atomic mass is 10.1. The Balaban J connectivity index is 2.00. The molecule has 1 aromatic carbocycles. The maximum absolute atomic E-state index is 10.9. The van der Waals surface area contributed by atoms with Crippen LogP contribution in [-0.2, 0) is 7.05 Å². The quantitative estimate of drug-likeness (QED) is 0.780. The predicted octanol–water partition coefficient (Wildman–Crippen LogP) is 1.84. The molecule has 0 aliphatic heterocycles. The molecule has 0 aliphatic rings. The molecule has 2 heterocycles. The molecule has 0 unspecified atom stereocenters. The van der Waals surface area contributed by atoms with E-state index in [1.807, 2.05) is 7.05 Å². The van der Waals surface area contributed by atoms with Crippen molar-refractivity contribution in [1.29, 1.82) is 0 Å². The van der Waals surface area contributed by atoms with Crippen LogP contribution in [0.3, 0.4) is 0 Å². The lowest BCUT2D eigenvalue weighted by molar-refractivity contribution is 0.0697. The zero-order valence-corrected chi connectivity index (χ0v) is 10.5. The third kappa shape index (κ3) is 2.05. The number of hydrogen-bond acceptors (Lipinski definition) is 5. The zero-order valence-electron chi connectivity index (χ0n) is 10.5. The van der Waals surface area contributed by atoms with Gasteiger partial charge in [0.2, 0.25) is 5.82 Å². The monoisotopic (exact) mass is 270 g/mol. The third-order valence-corrected chi connectivity index (χ3v) is 2.83. The minimum absolute atomic E-state index is 0.169. The largest absolute Gasteiger partial charge is 0.478 e. The molecule has 7 heteroatoms. The van der Waals surface area contributed by atoms with Crippen molar-refractivity contribution in [1.82, 2.24) is 19.7 Å². The number of aromatic nitrogens is 4. The standard InChI is InChI=1S/C13H10N4O3/c1-17-7-14-6-10(17)11-15-12(20-16-11)8-3-2-4-9(5-8)13(18)19/h2-7H,1H3,(H,18,19). The second-order valence-corrected chi connectivity index (χ2v) is 4.20. The highest BCUT2D eigenvalue weighted by atomic mass is 16.5. The molecular weight excluding hydrogens is 260 g/mol. The molecule has 0 bridgehead atoms. The number of aromatic carboxylic acids is 1. The van der Waals surface area contributed by atoms with E-state index in [4.69, 9.17) is 9.63 Å². The van der Waals surface area contributed by atoms with E-state index in [1.165, 1.54) is 12.1 Å². The summed E-state index contributed by atoms with van der Waals surface area (Å²) in [6.45, 7) is 0. The molecule has 0 saturated heterocycles. The summed E-state index contributed by atoms with van der Waals surface area (Å²) in [5.41, 5.74) is 1.45. The topological polar surface area (TPSA) is 94.0 Å². The van der Waals surface area contributed by atoms with Gasteiger partial charge in [-0.3, -0.25) is 0 Å². The van der Waals surface area contributed by atoms with Crippen LogP contribution in [0, 0.1) is 0 Å². The average Bonchev–Trinajstić information content (AvgIpc) is 3.07. The second kappa shape index (κ2) is 4.61. The van der Waals surface area contributed by atoms with Gasteiger partial charge in [-0.2, -0.15) is 4.98 Å². The summed E-state index contributed by atoms with van der Waals surface area (Å²) in [4.78, 5) is 19.2. The first kappa shape index (κ1) is 12.1. The molecule has 0 aliphatic carbocycles. The summed E-state index contributed by atoms with van der Waals surface area (Å²) in [6.07, 6.45) is 3.26. The Morgan fingerprint density at radius 3 is 2.95 bits per heavy atom. The fourth-order valence-electron chi connectivity index (χ4n) is 1.80. The first-order valence-electron chi connectivity index (χ1n) is 5.79. The predicted molar refractivity (Wildman–Crippen MR) is 68.9 cm³/mol. The van der Waals surface area contributed by atoms with Crippen LogP contribution in [0.25, 0.3) is 23.0 Å². The Bertz CT molecular complexity index is 775. The number of aryl methyl sites for hydroxylation is 1. The molecule has 100 valence electrons. The molecule has 0 amide bonds. The van der Waals surface area contributed by atoms with Crippen molar-refractivity contribution < 1.29 is 14.4 Å². The van der Waals surface area contributed by atoms with Gasteiger partial charge in [-0.15, -0.1) is 0 Å². The van der Waals surface area contributed by atoms with E-state index in [9.17, 15) is 4.79 Å². The molecule has 3 rings (SSSR count). The molecule has 7 nitrogen and oxygen atoms in total. The van der Waals surface area contributed by atoms with Gasteiger partial charge in [0.1, 0.15) is 5.69 Å². The normalized spacial score (nSPS) is 10.7. The van der Waals surface area contributed by atoms with Gasteiger partial charge in [-0.05, 0) is 18.2 Å². The van der Waals surface area contributed by atoms with E-state index in [2.05, 4.69) is 15.1 Å². The summed E-state index contributed by atoms with van der Waals surface area (Å²) < 4.78 is 6.94. The van der Waals surface area contributed by atoms with Gasteiger partial charge in [-0.25, -0.2) is 9.78 Å². The number of hydrogen-bond donors (Lipinski definition) is 1. The van der Waals surface area contributed by atoms with Gasteiger partial charge >= 0.3 is 5.97 Å². The summed E-state index contributed by atoms with van der Waals surface area (Å²) in [5, 5.41) is 12.8. The number of carbonyl (C=O) groups is 1. The fourth-order valence-corrected chi connectivity index (χ4v) is 1.80. The van der Waals surface area contributed by atoms with Crippen molar-refractivity contribution in [2.75, 3.05) is 0 Å². The second-order valence-electron chi connectivity index (χ2n) is 4.20. The molecule has 20 heavy (non-hydrogen) atoms. The van der Waals surface area contributed by atoms with Crippen LogP contribution in [0.5, 0.6) is 0 Å². The first-order chi connectivity index (χ1) is 9.65. The van der Waals surface area contributed by atoms with E-state index < -0.39 is 5.97 Å². The molecule has 0 saturated carbocycles. The SMILES string of the molecule is Cn1cncc1-c1noc(-c2cccc(C(=O)O)c2)n1. The minimum atomic E-state index is -1.00. The van der Waals surface area contributed by atoms with Crippen LogP contribution in [0.2, 0.25) is 0 Å². The highest BCUT2D eigenvalue weighted by Gasteiger charge is 2.14. The lowest BCUT2D eigenvalue weighted by Gasteiger charge is -1.96. The highest BCUT2D eigenvalue weighted by Crippen LogP contribution is 2.22. The van der Waals surface area contributed by atoms with Crippen molar-refractivity contribution in [3.63, 3.8) is 0 Å². The van der Waals surface area contributed by atoms with Gasteiger partial charge in [-0.1, -0.05) is 11.2 Å². The third-order valence-electron chi connectivity index (χ3n) is 2.83. The van der Waals surface area contributed by atoms with Gasteiger partial charge in [0.05, 0.1) is 18.1 Å². The van der Waals surface area contributed by atoms with Crippen LogP contribution >= 0.6 is 0 Å². The van der Waals surface area contributed by atoms with Crippen molar-refractivity contribution >= 4 is 5.97 Å². The number of benzene rings is 1. The number of nitrogens with zero attached hydrogens (tertiary/aromatic N) is 4. The molecular formula is C13H10N4O3. The molecule has 2 aromatic heterocycles. The summed E-state index contributed by atoms with van der Waals surface area (Å²) in [6, 6.07) is 6.34. The Morgan fingerprint density at radius 2 is 2.25 bits per heavy atom. The molecule has 3 aromatic rings. The lowest BCUT2D eigenvalue weighted by Crippen LogP contribution is -1.95. The van der Waals surface area contributed by atoms with Crippen LogP contribution in [0.15, 0.2) is 41.3 Å². The molecule has 1 N–H and O–H groups in total. The van der Waals surface area contributed by atoms with E-state index in [1.54, 1.807) is 29.2 Å². The average molecular weight is 270 g/mol. The Kier molecular flexibility index (Phi) is 2.79. The van der Waals surface area contributed by atoms with Crippen molar-refractivity contribution in [2.45, 2.75) is 0 Å². The van der Waals surface area contributed by atoms with E-state index in [-0.39, 0.29) is 11.5 Å². The summed E-state index contributed by atoms with van der Waals surface area (Å²) >= 11 is 0. The number of imidazole rings is 1. The zero-order chi connectivity index (χ0) is 14.1. The van der Waals surface area contributed by atoms with Crippen LogP contribution in [0.1, 0.15) is 10.4 Å². The Hall–Kier alpha value is -2.96. The van der Waals surface area contributed by atoms with Gasteiger partial charge < -0.3 is 14.2 Å². The number of rotatable bonds is 3. The smallest absolute Gasteiger partial charge is 0.335 e. The van der Waals surface area contributed by atoms with Crippen LogP contribution in [-0.4, -0.2) is 30.8 Å². The highest BCUT2D eigenvalue weighted by molar-refractivity contribution is 5.89. The van der Waals surface area contributed by atoms with Gasteiger partial charge in [0.15, 0.2) is 0 Å². The van der Waals surface area contributed by atoms with Crippen molar-refractivity contribution in [3.8, 4) is 23.0 Å². The van der Waals surface area contributed by atoms with E-state index in [0.717, 1.165) is 5.69 Å². The van der Waals surface area contributed by atoms with Crippen molar-refractivity contribution in [3.05, 3.63) is 42.4 Å². The number of carboxylic acid groups (broad SMARTS) is 1. The number of carboxylic acids is 1. The summed E-state index contributed by atoms with van der Waals surface area (Å²) in [7, 11) is 1.82. The van der Waals surface area contributed by atoms with Gasteiger partial charge in [0.25, 0.3) is 5.89 Å². The Morgan fingerprint density at radius 1 is 1.40 bits per heavy atom. The van der Waals surface area contributed by atoms with Crippen LogP contribution < -0.4 is 0 Å². The van der Waals surface area contributed by atoms with Crippen LogP contribution in [0.4, 0.5) is 0 Å². The van der Waals surface area contributed by atoms with E-state index in [0.29, 0.717) is 11.4 Å². The van der Waals surface area contributed by atoms with Crippen molar-refractivity contribution in [2.24, 2.45) is 7.05 Å². The first-order valence-corrected chi connectivity index (χ1v) is 5.79. The fraction of sp³-hybridized carbons (Fsp3) is 0.0769. The maximum atomic E-state index is 10.9. The molecule has 0 spiro atoms. The minimum Gasteiger partial charge on any atom is -0.478 e. The van der Waals surface area contributed by atoms with Gasteiger partial charge in [0, 0.05) is 12.6 Å². The molecule has 0 fully saturated rings. The molecule has 0 radical (unpaired) electrons. The maximum Gasteiger partial charge on any atom is 0.335 e. The van der Waals surface area contributed by atoms with E-state index >= 15 is 0 Å². The molecule has 0 atom stereocenters. The Labute approximate surface area is 113 Å².